The zero-order valence-corrected chi connectivity index (χ0v) is 23.9. The molecule has 3 atom stereocenters. The molecule has 15 heteroatoms. The van der Waals surface area contributed by atoms with Gasteiger partial charge in [0.1, 0.15) is 11.0 Å². The molecule has 0 aliphatic carbocycles. The molecular formula is C27H21ClF3N3O6S2. The van der Waals surface area contributed by atoms with Crippen LogP contribution in [-0.4, -0.2) is 65.8 Å². The van der Waals surface area contributed by atoms with Gasteiger partial charge >= 0.3 is 11.0 Å². The number of rotatable bonds is 5. The second-order valence-corrected chi connectivity index (χ2v) is 12.4. The number of aromatic amines is 1. The second-order valence-electron chi connectivity index (χ2n) is 9.77. The fraction of sp³-hybridized carbons (Fsp3) is 0.333. The number of benzene rings is 2. The zero-order chi connectivity index (χ0) is 29.8. The number of aromatic nitrogens is 1. The van der Waals surface area contributed by atoms with Gasteiger partial charge in [-0.25, -0.2) is 4.90 Å². The molecule has 0 saturated carbocycles. The largest absolute Gasteiger partial charge is 0.483 e. The summed E-state index contributed by atoms with van der Waals surface area (Å²) >= 11 is 8.21. The van der Waals surface area contributed by atoms with Gasteiger partial charge in [0, 0.05) is 34.5 Å². The average Bonchev–Trinajstić information content (AvgIpc) is 3.46. The summed E-state index contributed by atoms with van der Waals surface area (Å²) in [6.07, 6.45) is -4.68. The second kappa shape index (κ2) is 11.1. The lowest BCUT2D eigenvalue weighted by atomic mass is 9.82. The summed E-state index contributed by atoms with van der Waals surface area (Å²) in [5.41, 5.74) is -0.834. The number of thioether (sulfide) groups is 1. The number of alkyl halides is 3. The Morgan fingerprint density at radius 2 is 1.86 bits per heavy atom. The van der Waals surface area contributed by atoms with E-state index in [2.05, 4.69) is 4.98 Å². The SMILES string of the molecule is O=C(COc1ccc(Cl)cc1[C@@H]1c2sc(=O)[nH]c2S[C@H]2C(=O)N(c3cccc(C(F)(F)F)c3)C(=O)[C@@H]12)N1CCOCC1. The molecule has 6 rings (SSSR count). The molecule has 0 bridgehead atoms. The van der Waals surface area contributed by atoms with Gasteiger partial charge in [-0.05, 0) is 36.4 Å². The Kier molecular flexibility index (Phi) is 7.58. The third kappa shape index (κ3) is 5.21. The highest BCUT2D eigenvalue weighted by Crippen LogP contribution is 2.55. The van der Waals surface area contributed by atoms with Gasteiger partial charge in [-0.1, -0.05) is 40.8 Å². The molecule has 1 aromatic heterocycles. The van der Waals surface area contributed by atoms with E-state index in [9.17, 15) is 32.3 Å². The van der Waals surface area contributed by atoms with E-state index in [1.165, 1.54) is 6.07 Å². The number of thiazole rings is 1. The van der Waals surface area contributed by atoms with E-state index >= 15 is 0 Å². The maximum Gasteiger partial charge on any atom is 0.416 e. The molecule has 3 aromatic rings. The van der Waals surface area contributed by atoms with Crippen molar-refractivity contribution in [1.29, 1.82) is 0 Å². The number of halogens is 4. The zero-order valence-electron chi connectivity index (χ0n) is 21.5. The van der Waals surface area contributed by atoms with E-state index < -0.39 is 45.5 Å². The molecule has 3 aliphatic heterocycles. The number of carbonyl (C=O) groups is 3. The number of carbonyl (C=O) groups excluding carboxylic acids is 3. The van der Waals surface area contributed by atoms with Gasteiger partial charge in [-0.3, -0.25) is 19.2 Å². The Balaban J connectivity index is 1.39. The summed E-state index contributed by atoms with van der Waals surface area (Å²) < 4.78 is 51.6. The fourth-order valence-electron chi connectivity index (χ4n) is 5.37. The lowest BCUT2D eigenvalue weighted by Gasteiger charge is -2.31. The molecule has 42 heavy (non-hydrogen) atoms. The quantitative estimate of drug-likeness (QED) is 0.418. The van der Waals surface area contributed by atoms with Gasteiger partial charge in [0.05, 0.1) is 35.4 Å². The number of anilines is 1. The summed E-state index contributed by atoms with van der Waals surface area (Å²) in [5, 5.41) is -0.391. The van der Waals surface area contributed by atoms with Crippen LogP contribution in [0.4, 0.5) is 18.9 Å². The predicted molar refractivity (Wildman–Crippen MR) is 148 cm³/mol. The average molecular weight is 640 g/mol. The Hall–Kier alpha value is -3.33. The molecule has 0 unspecified atom stereocenters. The Morgan fingerprint density at radius 1 is 1.10 bits per heavy atom. The highest BCUT2D eigenvalue weighted by Gasteiger charge is 2.57. The number of amides is 3. The minimum absolute atomic E-state index is 0.205. The number of hydrogen-bond acceptors (Lipinski definition) is 8. The third-order valence-electron chi connectivity index (χ3n) is 7.28. The lowest BCUT2D eigenvalue weighted by molar-refractivity contribution is -0.138. The number of imide groups is 1. The van der Waals surface area contributed by atoms with Crippen LogP contribution in [0, 0.1) is 5.92 Å². The van der Waals surface area contributed by atoms with Crippen LogP contribution < -0.4 is 14.5 Å². The molecule has 2 saturated heterocycles. The van der Waals surface area contributed by atoms with Crippen molar-refractivity contribution < 1.29 is 37.0 Å². The maximum absolute atomic E-state index is 14.0. The Labute approximate surface area is 249 Å². The van der Waals surface area contributed by atoms with Crippen LogP contribution in [-0.2, 0) is 25.3 Å². The van der Waals surface area contributed by atoms with Crippen LogP contribution >= 0.6 is 34.7 Å². The minimum atomic E-state index is -4.68. The van der Waals surface area contributed by atoms with Crippen LogP contribution in [0.5, 0.6) is 5.75 Å². The van der Waals surface area contributed by atoms with Gasteiger partial charge in [0.25, 0.3) is 5.91 Å². The van der Waals surface area contributed by atoms with Crippen molar-refractivity contribution in [2.75, 3.05) is 37.8 Å². The number of fused-ring (bicyclic) bond motifs is 2. The van der Waals surface area contributed by atoms with E-state index in [1.54, 1.807) is 23.1 Å². The van der Waals surface area contributed by atoms with Crippen LogP contribution in [0.2, 0.25) is 5.02 Å². The van der Waals surface area contributed by atoms with Crippen molar-refractivity contribution >= 4 is 58.1 Å². The fourth-order valence-corrected chi connectivity index (χ4v) is 8.05. The monoisotopic (exact) mass is 639 g/mol. The normalized spacial score (nSPS) is 22.2. The maximum atomic E-state index is 14.0. The molecular weight excluding hydrogens is 619 g/mol. The highest BCUT2D eigenvalue weighted by molar-refractivity contribution is 8.00. The summed E-state index contributed by atoms with van der Waals surface area (Å²) in [6, 6.07) is 8.66. The molecule has 9 nitrogen and oxygen atoms in total. The van der Waals surface area contributed by atoms with E-state index in [0.29, 0.717) is 41.8 Å². The van der Waals surface area contributed by atoms with Crippen LogP contribution in [0.25, 0.3) is 0 Å². The number of morpholine rings is 1. The van der Waals surface area contributed by atoms with E-state index in [1.807, 2.05) is 0 Å². The summed E-state index contributed by atoms with van der Waals surface area (Å²) in [7, 11) is 0. The highest BCUT2D eigenvalue weighted by atomic mass is 35.5. The number of ether oxygens (including phenoxy) is 2. The smallest absolute Gasteiger partial charge is 0.416 e. The first-order valence-electron chi connectivity index (χ1n) is 12.8. The standard InChI is InChI=1S/C27H21ClF3N3O6S2/c28-14-4-5-17(40-12-18(35)33-6-8-39-9-7-33)16(11-14)19-20-22(41-23-21(19)42-26(38)32-23)25(37)34(24(20)36)15-3-1-2-13(10-15)27(29,30)31/h1-5,10-11,19-20,22H,6-9,12H2,(H,32,38)/t19-,20-,22+/m0/s1. The van der Waals surface area contributed by atoms with E-state index in [-0.39, 0.29) is 29.0 Å². The molecule has 220 valence electrons. The summed E-state index contributed by atoms with van der Waals surface area (Å²) in [4.78, 5) is 58.0. The summed E-state index contributed by atoms with van der Waals surface area (Å²) in [6.45, 7) is 1.34. The van der Waals surface area contributed by atoms with Crippen molar-refractivity contribution in [2.45, 2.75) is 22.4 Å². The molecule has 4 heterocycles. The van der Waals surface area contributed by atoms with Crippen molar-refractivity contribution in [3.63, 3.8) is 0 Å². The van der Waals surface area contributed by atoms with Crippen molar-refractivity contribution in [3.8, 4) is 5.75 Å². The topological polar surface area (TPSA) is 109 Å². The number of nitrogens with zero attached hydrogens (tertiary/aromatic N) is 2. The van der Waals surface area contributed by atoms with Gasteiger partial charge in [-0.15, -0.1) is 0 Å². The Bertz CT molecular complexity index is 1640. The van der Waals surface area contributed by atoms with Crippen LogP contribution in [0.15, 0.2) is 52.3 Å². The third-order valence-corrected chi connectivity index (χ3v) is 9.91. The summed E-state index contributed by atoms with van der Waals surface area (Å²) in [5.74, 6) is -3.47. The van der Waals surface area contributed by atoms with Crippen molar-refractivity contribution in [3.05, 3.63) is 73.2 Å². The lowest BCUT2D eigenvalue weighted by Crippen LogP contribution is -2.43. The molecule has 3 aliphatic rings. The van der Waals surface area contributed by atoms with Gasteiger partial charge in [-0.2, -0.15) is 13.2 Å². The van der Waals surface area contributed by atoms with Gasteiger partial charge < -0.3 is 19.4 Å². The first-order chi connectivity index (χ1) is 20.0. The van der Waals surface area contributed by atoms with Gasteiger partial charge in [0.15, 0.2) is 6.61 Å². The van der Waals surface area contributed by atoms with Crippen molar-refractivity contribution in [2.24, 2.45) is 5.92 Å². The molecule has 2 fully saturated rings. The van der Waals surface area contributed by atoms with Crippen LogP contribution in [0.1, 0.15) is 21.9 Å². The first kappa shape index (κ1) is 28.8. The van der Waals surface area contributed by atoms with E-state index in [0.717, 1.165) is 46.2 Å². The minimum Gasteiger partial charge on any atom is -0.483 e. The first-order valence-corrected chi connectivity index (χ1v) is 14.8. The van der Waals surface area contributed by atoms with Crippen LogP contribution in [0.3, 0.4) is 0 Å². The molecule has 0 spiro atoms. The van der Waals surface area contributed by atoms with Crippen molar-refractivity contribution in [1.82, 2.24) is 9.88 Å². The number of H-pyrrole nitrogens is 1. The van der Waals surface area contributed by atoms with E-state index in [4.69, 9.17) is 21.1 Å². The molecule has 0 radical (unpaired) electrons. The number of nitrogens with one attached hydrogen (secondary N) is 1. The Morgan fingerprint density at radius 3 is 2.60 bits per heavy atom. The van der Waals surface area contributed by atoms with Gasteiger partial charge in [0.2, 0.25) is 11.8 Å². The molecule has 1 N–H and O–H groups in total. The molecule has 3 amide bonds. The molecule has 2 aromatic carbocycles. The predicted octanol–water partition coefficient (Wildman–Crippen LogP) is 4.14. The number of hydrogen-bond donors (Lipinski definition) is 1.